The quantitative estimate of drug-likeness (QED) is 0.473. The van der Waals surface area contributed by atoms with Crippen LogP contribution in [0.25, 0.3) is 0 Å². The summed E-state index contributed by atoms with van der Waals surface area (Å²) in [6, 6.07) is 8.15. The summed E-state index contributed by atoms with van der Waals surface area (Å²) < 4.78 is 0. The van der Waals surface area contributed by atoms with Crippen molar-refractivity contribution in [3.8, 4) is 0 Å². The number of Topliss-reactive ketones (excluding diaryl/α,β-unsaturated/α-hetero) is 2. The van der Waals surface area contributed by atoms with Crippen molar-refractivity contribution < 1.29 is 9.59 Å². The molecule has 1 aliphatic carbocycles. The Morgan fingerprint density at radius 1 is 1.00 bits per heavy atom. The minimum Gasteiger partial charge on any atom is -0.389 e. The molecule has 1 aromatic rings. The minimum atomic E-state index is -0.0408. The van der Waals surface area contributed by atoms with Gasteiger partial charge < -0.3 is 10.2 Å². The van der Waals surface area contributed by atoms with Gasteiger partial charge in [-0.25, -0.2) is 0 Å². The summed E-state index contributed by atoms with van der Waals surface area (Å²) in [7, 11) is 0. The van der Waals surface area contributed by atoms with Crippen LogP contribution in [0.4, 0.5) is 0 Å². The van der Waals surface area contributed by atoms with Gasteiger partial charge in [0.1, 0.15) is 0 Å². The fourth-order valence-corrected chi connectivity index (χ4v) is 3.86. The van der Waals surface area contributed by atoms with Crippen molar-refractivity contribution in [2.75, 3.05) is 45.8 Å². The van der Waals surface area contributed by atoms with Crippen molar-refractivity contribution in [1.29, 1.82) is 0 Å². The fraction of sp³-hybridized carbons (Fsp3) is 0.545. The van der Waals surface area contributed by atoms with E-state index in [4.69, 9.17) is 0 Å². The predicted octanol–water partition coefficient (Wildman–Crippen LogP) is 2.12. The van der Waals surface area contributed by atoms with Crippen molar-refractivity contribution in [3.05, 3.63) is 47.2 Å². The number of likely N-dealkylation sites (N-methyl/N-ethyl adjacent to an activating group) is 1. The Morgan fingerprint density at radius 2 is 1.59 bits per heavy atom. The molecule has 1 saturated heterocycles. The van der Waals surface area contributed by atoms with Gasteiger partial charge in [-0.3, -0.25) is 14.5 Å². The SMILES string of the molecule is CCN1CCN(CCNC=C2C(=O)CC(c3ccc(C)cc3)CC2=O)CC1. The molecular weight excluding hydrogens is 338 g/mol. The number of aryl methyl sites for hydroxylation is 1. The van der Waals surface area contributed by atoms with E-state index in [-0.39, 0.29) is 17.5 Å². The Bertz CT molecular complexity index is 668. The maximum absolute atomic E-state index is 12.5. The summed E-state index contributed by atoms with van der Waals surface area (Å²) in [6.07, 6.45) is 2.49. The number of nitrogens with zero attached hydrogens (tertiary/aromatic N) is 2. The van der Waals surface area contributed by atoms with Gasteiger partial charge >= 0.3 is 0 Å². The van der Waals surface area contributed by atoms with Crippen LogP contribution in [0.2, 0.25) is 0 Å². The molecule has 1 N–H and O–H groups in total. The van der Waals surface area contributed by atoms with Crippen molar-refractivity contribution >= 4 is 11.6 Å². The summed E-state index contributed by atoms with van der Waals surface area (Å²) >= 11 is 0. The molecule has 0 bridgehead atoms. The second kappa shape index (κ2) is 9.29. The molecule has 0 radical (unpaired) electrons. The van der Waals surface area contributed by atoms with E-state index < -0.39 is 0 Å². The topological polar surface area (TPSA) is 52.6 Å². The first kappa shape index (κ1) is 19.8. The molecular formula is C22H31N3O2. The minimum absolute atomic E-state index is 0.0117. The average Bonchev–Trinajstić information content (AvgIpc) is 2.67. The van der Waals surface area contributed by atoms with Crippen molar-refractivity contribution in [1.82, 2.24) is 15.1 Å². The molecule has 2 fully saturated rings. The molecule has 146 valence electrons. The number of carbonyl (C=O) groups is 2. The number of nitrogens with one attached hydrogen (secondary N) is 1. The Labute approximate surface area is 162 Å². The van der Waals surface area contributed by atoms with E-state index in [0.717, 1.165) is 51.4 Å². The first-order valence-electron chi connectivity index (χ1n) is 10.1. The van der Waals surface area contributed by atoms with Crippen LogP contribution in [0.1, 0.15) is 36.8 Å². The van der Waals surface area contributed by atoms with Crippen LogP contribution in [0.15, 0.2) is 36.0 Å². The van der Waals surface area contributed by atoms with E-state index in [0.29, 0.717) is 18.4 Å². The van der Waals surface area contributed by atoms with Gasteiger partial charge in [0.15, 0.2) is 11.6 Å². The Balaban J connectivity index is 1.47. The lowest BCUT2D eigenvalue weighted by molar-refractivity contribution is -0.124. The third-order valence-corrected chi connectivity index (χ3v) is 5.74. The van der Waals surface area contributed by atoms with Crippen LogP contribution in [0.5, 0.6) is 0 Å². The summed E-state index contributed by atoms with van der Waals surface area (Å²) in [4.78, 5) is 29.8. The lowest BCUT2D eigenvalue weighted by atomic mass is 9.80. The smallest absolute Gasteiger partial charge is 0.168 e. The summed E-state index contributed by atoms with van der Waals surface area (Å²) in [5.74, 6) is -0.0700. The second-order valence-corrected chi connectivity index (χ2v) is 7.65. The molecule has 5 nitrogen and oxygen atoms in total. The van der Waals surface area contributed by atoms with Crippen LogP contribution < -0.4 is 5.32 Å². The summed E-state index contributed by atoms with van der Waals surface area (Å²) in [5.41, 5.74) is 2.61. The zero-order chi connectivity index (χ0) is 19.2. The van der Waals surface area contributed by atoms with Gasteiger partial charge in [-0.1, -0.05) is 36.8 Å². The third-order valence-electron chi connectivity index (χ3n) is 5.74. The molecule has 3 rings (SSSR count). The largest absolute Gasteiger partial charge is 0.389 e. The van der Waals surface area contributed by atoms with Crippen LogP contribution >= 0.6 is 0 Å². The first-order valence-corrected chi connectivity index (χ1v) is 10.1. The Hall–Kier alpha value is -1.98. The van der Waals surface area contributed by atoms with Gasteiger partial charge in [0, 0.05) is 58.3 Å². The van der Waals surface area contributed by atoms with E-state index in [1.165, 1.54) is 5.56 Å². The highest BCUT2D eigenvalue weighted by Crippen LogP contribution is 2.31. The van der Waals surface area contributed by atoms with Crippen molar-refractivity contribution in [2.24, 2.45) is 0 Å². The number of carbonyl (C=O) groups excluding carboxylic acids is 2. The number of piperazine rings is 1. The second-order valence-electron chi connectivity index (χ2n) is 7.65. The van der Waals surface area contributed by atoms with Gasteiger partial charge in [0.05, 0.1) is 5.57 Å². The molecule has 2 aliphatic rings. The van der Waals surface area contributed by atoms with E-state index in [9.17, 15) is 9.59 Å². The van der Waals surface area contributed by atoms with Gasteiger partial charge in [-0.15, -0.1) is 0 Å². The zero-order valence-corrected chi connectivity index (χ0v) is 16.5. The Morgan fingerprint density at radius 3 is 2.19 bits per heavy atom. The van der Waals surface area contributed by atoms with Crippen molar-refractivity contribution in [2.45, 2.75) is 32.6 Å². The van der Waals surface area contributed by atoms with Crippen LogP contribution in [0.3, 0.4) is 0 Å². The first-order chi connectivity index (χ1) is 13.1. The van der Waals surface area contributed by atoms with Crippen LogP contribution in [-0.4, -0.2) is 67.2 Å². The molecule has 27 heavy (non-hydrogen) atoms. The summed E-state index contributed by atoms with van der Waals surface area (Å²) in [5, 5.41) is 3.19. The molecule has 0 aromatic heterocycles. The average molecular weight is 370 g/mol. The van der Waals surface area contributed by atoms with Gasteiger partial charge in [0.2, 0.25) is 0 Å². The van der Waals surface area contributed by atoms with E-state index in [1.54, 1.807) is 6.20 Å². The van der Waals surface area contributed by atoms with E-state index in [1.807, 2.05) is 31.2 Å². The normalized spacial score (nSPS) is 22.1. The maximum Gasteiger partial charge on any atom is 0.168 e. The summed E-state index contributed by atoms with van der Waals surface area (Å²) in [6.45, 7) is 11.5. The monoisotopic (exact) mass is 369 g/mol. The molecule has 0 amide bonds. The highest BCUT2D eigenvalue weighted by atomic mass is 16.1. The Kier molecular flexibility index (Phi) is 6.80. The zero-order valence-electron chi connectivity index (χ0n) is 16.5. The van der Waals surface area contributed by atoms with Gasteiger partial charge in [-0.2, -0.15) is 0 Å². The van der Waals surface area contributed by atoms with E-state index in [2.05, 4.69) is 22.0 Å². The number of rotatable bonds is 6. The number of ketones is 2. The molecule has 1 saturated carbocycles. The fourth-order valence-electron chi connectivity index (χ4n) is 3.86. The lowest BCUT2D eigenvalue weighted by Gasteiger charge is -2.33. The molecule has 0 unspecified atom stereocenters. The number of allylic oxidation sites excluding steroid dienone is 1. The highest BCUT2D eigenvalue weighted by molar-refractivity contribution is 6.22. The number of hydrogen-bond acceptors (Lipinski definition) is 5. The molecule has 1 aromatic carbocycles. The van der Waals surface area contributed by atoms with Gasteiger partial charge in [-0.05, 0) is 24.9 Å². The van der Waals surface area contributed by atoms with E-state index >= 15 is 0 Å². The molecule has 0 atom stereocenters. The van der Waals surface area contributed by atoms with Crippen molar-refractivity contribution in [3.63, 3.8) is 0 Å². The molecule has 0 spiro atoms. The van der Waals surface area contributed by atoms with Gasteiger partial charge in [0.25, 0.3) is 0 Å². The highest BCUT2D eigenvalue weighted by Gasteiger charge is 2.31. The predicted molar refractivity (Wildman–Crippen MR) is 108 cm³/mol. The third kappa shape index (κ3) is 5.27. The molecule has 5 heteroatoms. The number of hydrogen-bond donors (Lipinski definition) is 1. The molecule has 1 aliphatic heterocycles. The number of benzene rings is 1. The standard InChI is InChI=1S/C22H31N3O2/c1-3-24-10-12-25(13-11-24)9-8-23-16-20-21(26)14-19(15-22(20)27)18-6-4-17(2)5-7-18/h4-7,16,19,23H,3,8-15H2,1-2H3. The lowest BCUT2D eigenvalue weighted by Crippen LogP contribution is -2.47. The maximum atomic E-state index is 12.5. The van der Waals surface area contributed by atoms with Crippen LogP contribution in [-0.2, 0) is 9.59 Å². The molecule has 1 heterocycles. The van der Waals surface area contributed by atoms with Crippen LogP contribution in [0, 0.1) is 6.92 Å².